The van der Waals surface area contributed by atoms with E-state index in [0.29, 0.717) is 41.6 Å². The highest BCUT2D eigenvalue weighted by atomic mass is 19.3. The molecule has 0 bridgehead atoms. The molecule has 2 atom stereocenters. The van der Waals surface area contributed by atoms with E-state index < -0.39 is 11.8 Å². The lowest BCUT2D eigenvalue weighted by molar-refractivity contribution is -0.124. The average molecular weight is 510 g/mol. The molecule has 1 amide bonds. The second-order valence-electron chi connectivity index (χ2n) is 10.1. The first-order valence-electron chi connectivity index (χ1n) is 12.4. The smallest absolute Gasteiger partial charge is 0.264 e. The summed E-state index contributed by atoms with van der Waals surface area (Å²) in [7, 11) is 1.98. The number of likely N-dealkylation sites (N-methyl/N-ethyl adjacent to an activating group) is 1. The molecule has 37 heavy (non-hydrogen) atoms. The Kier molecular flexibility index (Phi) is 6.43. The fraction of sp³-hybridized carbons (Fsp3) is 0.393. The predicted octanol–water partition coefficient (Wildman–Crippen LogP) is 5.46. The van der Waals surface area contributed by atoms with Gasteiger partial charge in [0.25, 0.3) is 6.43 Å². The summed E-state index contributed by atoms with van der Waals surface area (Å²) in [6.07, 6.45) is -1.95. The number of likely N-dealkylation sites (tertiary alicyclic amines) is 1. The molecule has 3 heterocycles. The van der Waals surface area contributed by atoms with E-state index in [1.165, 1.54) is 18.2 Å². The number of hydrogen-bond donors (Lipinski definition) is 1. The number of aryl methyl sites for hydroxylation is 1. The zero-order chi connectivity index (χ0) is 26.5. The largest absolute Gasteiger partial charge is 0.363 e. The van der Waals surface area contributed by atoms with Crippen LogP contribution in [0.5, 0.6) is 0 Å². The SMILES string of the molecule is Cc1nc(N[C@H](C)c2cccc(C(F)F)c2C)c2c(n1)C1(CCN(C)C1)C(=O)N(c1ccc(F)cc1)C2. The summed E-state index contributed by atoms with van der Waals surface area (Å²) in [6.45, 7) is 6.88. The number of anilines is 2. The van der Waals surface area contributed by atoms with E-state index in [-0.39, 0.29) is 29.9 Å². The third kappa shape index (κ3) is 4.35. The minimum Gasteiger partial charge on any atom is -0.363 e. The van der Waals surface area contributed by atoms with Crippen LogP contribution in [0.1, 0.15) is 59.6 Å². The standard InChI is InChI=1S/C28H30F3N5O/c1-16-21(6-5-7-22(16)25(30)31)17(2)32-26-23-14-36(20-10-8-19(29)9-11-20)27(37)28(12-13-35(4)15-28)24(23)33-18(3)34-26/h5-11,17,25H,12-15H2,1-4H3,(H,32,33,34)/t17-,28?/m1/s1. The van der Waals surface area contributed by atoms with E-state index in [1.807, 2.05) is 20.0 Å². The quantitative estimate of drug-likeness (QED) is 0.495. The summed E-state index contributed by atoms with van der Waals surface area (Å²) in [5, 5.41) is 3.44. The van der Waals surface area contributed by atoms with Crippen molar-refractivity contribution in [3.8, 4) is 0 Å². The van der Waals surface area contributed by atoms with Crippen LogP contribution in [-0.4, -0.2) is 40.9 Å². The number of carbonyl (C=O) groups excluding carboxylic acids is 1. The van der Waals surface area contributed by atoms with E-state index in [1.54, 1.807) is 36.9 Å². The van der Waals surface area contributed by atoms with Gasteiger partial charge in [-0.1, -0.05) is 18.2 Å². The van der Waals surface area contributed by atoms with Crippen LogP contribution in [0.25, 0.3) is 0 Å². The maximum absolute atomic E-state index is 14.0. The molecule has 0 saturated carbocycles. The maximum Gasteiger partial charge on any atom is 0.264 e. The van der Waals surface area contributed by atoms with Crippen LogP contribution in [0.2, 0.25) is 0 Å². The Bertz CT molecular complexity index is 1350. The molecule has 1 fully saturated rings. The molecule has 0 aliphatic carbocycles. The summed E-state index contributed by atoms with van der Waals surface area (Å²) < 4.78 is 40.7. The Hall–Kier alpha value is -3.46. The number of aromatic nitrogens is 2. The first-order valence-corrected chi connectivity index (χ1v) is 12.4. The van der Waals surface area contributed by atoms with Crippen LogP contribution in [0.3, 0.4) is 0 Å². The minimum atomic E-state index is -2.56. The van der Waals surface area contributed by atoms with Crippen LogP contribution in [0.4, 0.5) is 24.7 Å². The molecule has 1 N–H and O–H groups in total. The predicted molar refractivity (Wildman–Crippen MR) is 136 cm³/mol. The number of nitrogens with one attached hydrogen (secondary N) is 1. The molecular formula is C28H30F3N5O. The minimum absolute atomic E-state index is 0.00748. The lowest BCUT2D eigenvalue weighted by Gasteiger charge is -2.41. The van der Waals surface area contributed by atoms with Gasteiger partial charge in [-0.15, -0.1) is 0 Å². The normalized spacial score (nSPS) is 20.5. The number of carbonyl (C=O) groups is 1. The molecule has 1 spiro atoms. The number of amides is 1. The topological polar surface area (TPSA) is 61.4 Å². The first kappa shape index (κ1) is 25.2. The summed E-state index contributed by atoms with van der Waals surface area (Å²) in [6, 6.07) is 10.5. The first-order chi connectivity index (χ1) is 17.6. The number of alkyl halides is 2. The van der Waals surface area contributed by atoms with Gasteiger partial charge >= 0.3 is 0 Å². The fourth-order valence-corrected chi connectivity index (χ4v) is 5.71. The van der Waals surface area contributed by atoms with Gasteiger partial charge in [0, 0.05) is 23.4 Å². The van der Waals surface area contributed by atoms with Gasteiger partial charge in [0.2, 0.25) is 5.91 Å². The third-order valence-corrected chi connectivity index (χ3v) is 7.61. The monoisotopic (exact) mass is 509 g/mol. The highest BCUT2D eigenvalue weighted by Gasteiger charge is 2.53. The van der Waals surface area contributed by atoms with Crippen LogP contribution in [0.15, 0.2) is 42.5 Å². The molecular weight excluding hydrogens is 479 g/mol. The zero-order valence-corrected chi connectivity index (χ0v) is 21.4. The molecule has 5 rings (SSSR count). The van der Waals surface area contributed by atoms with Crippen molar-refractivity contribution < 1.29 is 18.0 Å². The van der Waals surface area contributed by atoms with Gasteiger partial charge in [-0.05, 0) is 76.2 Å². The molecule has 2 aromatic carbocycles. The molecule has 2 aliphatic rings. The Morgan fingerprint density at radius 1 is 1.05 bits per heavy atom. The van der Waals surface area contributed by atoms with Gasteiger partial charge in [0.15, 0.2) is 0 Å². The van der Waals surface area contributed by atoms with E-state index in [2.05, 4.69) is 10.2 Å². The Labute approximate surface area is 214 Å². The number of rotatable bonds is 5. The molecule has 0 radical (unpaired) electrons. The Morgan fingerprint density at radius 2 is 1.76 bits per heavy atom. The third-order valence-electron chi connectivity index (χ3n) is 7.61. The number of halogens is 3. The van der Waals surface area contributed by atoms with Crippen molar-refractivity contribution in [2.75, 3.05) is 30.4 Å². The van der Waals surface area contributed by atoms with Gasteiger partial charge in [0.1, 0.15) is 22.9 Å². The van der Waals surface area contributed by atoms with Crippen molar-refractivity contribution in [3.63, 3.8) is 0 Å². The molecule has 2 aliphatic heterocycles. The second kappa shape index (κ2) is 9.45. The molecule has 1 aromatic heterocycles. The van der Waals surface area contributed by atoms with Crippen molar-refractivity contribution in [1.82, 2.24) is 14.9 Å². The van der Waals surface area contributed by atoms with Crippen molar-refractivity contribution in [2.45, 2.75) is 51.6 Å². The van der Waals surface area contributed by atoms with E-state index >= 15 is 0 Å². The van der Waals surface area contributed by atoms with Crippen molar-refractivity contribution in [2.24, 2.45) is 0 Å². The number of hydrogen-bond acceptors (Lipinski definition) is 5. The molecule has 6 nitrogen and oxygen atoms in total. The summed E-state index contributed by atoms with van der Waals surface area (Å²) in [4.78, 5) is 27.3. The lowest BCUT2D eigenvalue weighted by atomic mass is 9.76. The fourth-order valence-electron chi connectivity index (χ4n) is 5.71. The maximum atomic E-state index is 14.0. The van der Waals surface area contributed by atoms with E-state index in [0.717, 1.165) is 17.7 Å². The van der Waals surface area contributed by atoms with Gasteiger partial charge in [-0.2, -0.15) is 0 Å². The molecule has 3 aromatic rings. The number of benzene rings is 2. The van der Waals surface area contributed by atoms with Gasteiger partial charge in [-0.25, -0.2) is 23.1 Å². The molecule has 1 unspecified atom stereocenters. The van der Waals surface area contributed by atoms with Crippen LogP contribution >= 0.6 is 0 Å². The summed E-state index contributed by atoms with van der Waals surface area (Å²) in [5.74, 6) is 0.669. The number of nitrogens with zero attached hydrogens (tertiary/aromatic N) is 4. The summed E-state index contributed by atoms with van der Waals surface area (Å²) in [5.41, 5.74) is 2.55. The van der Waals surface area contributed by atoms with E-state index in [9.17, 15) is 18.0 Å². The lowest BCUT2D eigenvalue weighted by Crippen LogP contribution is -2.53. The molecule has 9 heteroatoms. The molecule has 194 valence electrons. The highest BCUT2D eigenvalue weighted by molar-refractivity contribution is 6.03. The molecule has 1 saturated heterocycles. The Morgan fingerprint density at radius 3 is 2.41 bits per heavy atom. The van der Waals surface area contributed by atoms with Gasteiger partial charge in [-0.3, -0.25) is 4.79 Å². The van der Waals surface area contributed by atoms with Crippen LogP contribution < -0.4 is 10.2 Å². The van der Waals surface area contributed by atoms with Crippen LogP contribution in [0, 0.1) is 19.7 Å². The average Bonchev–Trinajstić information content (AvgIpc) is 3.25. The van der Waals surface area contributed by atoms with Crippen molar-refractivity contribution in [1.29, 1.82) is 0 Å². The van der Waals surface area contributed by atoms with Crippen molar-refractivity contribution in [3.05, 3.63) is 82.1 Å². The number of fused-ring (bicyclic) bond motifs is 2. The Balaban J connectivity index is 1.60. The van der Waals surface area contributed by atoms with Crippen molar-refractivity contribution >= 4 is 17.4 Å². The van der Waals surface area contributed by atoms with E-state index in [4.69, 9.17) is 9.97 Å². The zero-order valence-electron chi connectivity index (χ0n) is 21.4. The van der Waals surface area contributed by atoms with Crippen LogP contribution in [-0.2, 0) is 16.8 Å². The highest BCUT2D eigenvalue weighted by Crippen LogP contribution is 2.44. The summed E-state index contributed by atoms with van der Waals surface area (Å²) >= 11 is 0. The van der Waals surface area contributed by atoms with Gasteiger partial charge < -0.3 is 15.1 Å². The van der Waals surface area contributed by atoms with Gasteiger partial charge in [0.05, 0.1) is 18.3 Å². The second-order valence-corrected chi connectivity index (χ2v) is 10.1.